The fraction of sp³-hybridized carbons (Fsp3) is 0.611. The molecule has 0 aliphatic carbocycles. The molecule has 1 aromatic rings. The summed E-state index contributed by atoms with van der Waals surface area (Å²) < 4.78 is 5.65. The monoisotopic (exact) mass is 307 g/mol. The topological polar surface area (TPSA) is 58.6 Å². The molecule has 1 rings (SSSR count). The first-order valence-corrected chi connectivity index (χ1v) is 7.91. The van der Waals surface area contributed by atoms with Crippen molar-refractivity contribution in [1.82, 2.24) is 5.32 Å². The molecule has 4 nitrogen and oxygen atoms in total. The number of carbonyl (C=O) groups is 1. The van der Waals surface area contributed by atoms with Crippen LogP contribution in [0, 0.1) is 5.92 Å². The summed E-state index contributed by atoms with van der Waals surface area (Å²) in [6, 6.07) is 5.56. The minimum Gasteiger partial charge on any atom is -0.494 e. The molecule has 0 fully saturated rings. The van der Waals surface area contributed by atoms with Crippen molar-refractivity contribution in [2.24, 2.45) is 5.92 Å². The van der Waals surface area contributed by atoms with Gasteiger partial charge in [0.25, 0.3) is 0 Å². The molecule has 0 heterocycles. The van der Waals surface area contributed by atoms with Crippen LogP contribution in [-0.4, -0.2) is 29.6 Å². The second-order valence-electron chi connectivity index (χ2n) is 6.54. The average Bonchev–Trinajstić information content (AvgIpc) is 2.45. The van der Waals surface area contributed by atoms with Gasteiger partial charge in [-0.05, 0) is 58.2 Å². The largest absolute Gasteiger partial charge is 0.494 e. The first kappa shape index (κ1) is 18.7. The van der Waals surface area contributed by atoms with E-state index in [2.05, 4.69) is 19.2 Å². The predicted octanol–water partition coefficient (Wildman–Crippen LogP) is 3.17. The van der Waals surface area contributed by atoms with Gasteiger partial charge in [0, 0.05) is 29.8 Å². The third kappa shape index (κ3) is 5.78. The highest BCUT2D eigenvalue weighted by Gasteiger charge is 2.21. The van der Waals surface area contributed by atoms with Gasteiger partial charge in [-0.2, -0.15) is 0 Å². The van der Waals surface area contributed by atoms with Crippen LogP contribution in [0.3, 0.4) is 0 Å². The zero-order chi connectivity index (χ0) is 16.8. The highest BCUT2D eigenvalue weighted by Crippen LogP contribution is 2.23. The van der Waals surface area contributed by atoms with Gasteiger partial charge in [-0.1, -0.05) is 6.92 Å². The Morgan fingerprint density at radius 2 is 2.09 bits per heavy atom. The van der Waals surface area contributed by atoms with Crippen LogP contribution >= 0.6 is 0 Å². The standard InChI is InChI=1S/C18H29NO3/c1-6-22-17-8-7-15(14(3)21)9-16(17)11-19-18(4,5)10-13(2)12-20/h7-9,13,19-20H,6,10-12H2,1-5H3. The molecule has 1 unspecified atom stereocenters. The van der Waals surface area contributed by atoms with Crippen molar-refractivity contribution in [2.75, 3.05) is 13.2 Å². The van der Waals surface area contributed by atoms with Crippen LogP contribution in [-0.2, 0) is 6.54 Å². The van der Waals surface area contributed by atoms with E-state index < -0.39 is 0 Å². The predicted molar refractivity (Wildman–Crippen MR) is 89.4 cm³/mol. The SMILES string of the molecule is CCOc1ccc(C(C)=O)cc1CNC(C)(C)CC(C)CO. The van der Waals surface area contributed by atoms with Gasteiger partial charge in [-0.25, -0.2) is 0 Å². The van der Waals surface area contributed by atoms with E-state index in [1.807, 2.05) is 26.0 Å². The molecular weight excluding hydrogens is 278 g/mol. The summed E-state index contributed by atoms with van der Waals surface area (Å²) in [5.41, 5.74) is 1.58. The van der Waals surface area contributed by atoms with Gasteiger partial charge in [0.05, 0.1) is 6.61 Å². The molecule has 22 heavy (non-hydrogen) atoms. The maximum Gasteiger partial charge on any atom is 0.159 e. The lowest BCUT2D eigenvalue weighted by Crippen LogP contribution is -2.40. The van der Waals surface area contributed by atoms with Crippen molar-refractivity contribution < 1.29 is 14.6 Å². The number of benzene rings is 1. The molecule has 1 aromatic carbocycles. The smallest absolute Gasteiger partial charge is 0.159 e. The second kappa shape index (κ2) is 8.30. The highest BCUT2D eigenvalue weighted by atomic mass is 16.5. The Kier molecular flexibility index (Phi) is 7.04. The van der Waals surface area contributed by atoms with E-state index in [1.54, 1.807) is 13.0 Å². The summed E-state index contributed by atoms with van der Waals surface area (Å²) in [4.78, 5) is 11.6. The Labute approximate surface area is 133 Å². The summed E-state index contributed by atoms with van der Waals surface area (Å²) in [6.45, 7) is 11.2. The number of aliphatic hydroxyl groups is 1. The van der Waals surface area contributed by atoms with E-state index in [0.29, 0.717) is 18.7 Å². The minimum atomic E-state index is -0.0993. The number of hydrogen-bond donors (Lipinski definition) is 2. The molecule has 124 valence electrons. The van der Waals surface area contributed by atoms with Crippen molar-refractivity contribution in [2.45, 2.75) is 53.1 Å². The van der Waals surface area contributed by atoms with Crippen LogP contribution in [0.15, 0.2) is 18.2 Å². The van der Waals surface area contributed by atoms with Crippen LogP contribution < -0.4 is 10.1 Å². The molecule has 1 atom stereocenters. The summed E-state index contributed by atoms with van der Waals surface area (Å²) >= 11 is 0. The Bertz CT molecular complexity index is 497. The van der Waals surface area contributed by atoms with Gasteiger partial charge in [0.1, 0.15) is 5.75 Å². The van der Waals surface area contributed by atoms with Gasteiger partial charge < -0.3 is 15.2 Å². The Morgan fingerprint density at radius 3 is 2.64 bits per heavy atom. The van der Waals surface area contributed by atoms with Gasteiger partial charge >= 0.3 is 0 Å². The van der Waals surface area contributed by atoms with Crippen LogP contribution in [0.5, 0.6) is 5.75 Å². The Morgan fingerprint density at radius 1 is 1.41 bits per heavy atom. The first-order valence-electron chi connectivity index (χ1n) is 7.91. The van der Waals surface area contributed by atoms with Crippen molar-refractivity contribution in [1.29, 1.82) is 0 Å². The fourth-order valence-electron chi connectivity index (χ4n) is 2.58. The van der Waals surface area contributed by atoms with Gasteiger partial charge in [-0.15, -0.1) is 0 Å². The maximum absolute atomic E-state index is 11.6. The lowest BCUT2D eigenvalue weighted by molar-refractivity contribution is 0.101. The van der Waals surface area contributed by atoms with E-state index in [4.69, 9.17) is 4.74 Å². The molecule has 0 aliphatic heterocycles. The van der Waals surface area contributed by atoms with Crippen LogP contribution in [0.25, 0.3) is 0 Å². The molecule has 0 saturated heterocycles. The van der Waals surface area contributed by atoms with E-state index in [0.717, 1.165) is 17.7 Å². The summed E-state index contributed by atoms with van der Waals surface area (Å²) in [6.07, 6.45) is 0.875. The molecule has 0 spiro atoms. The summed E-state index contributed by atoms with van der Waals surface area (Å²) in [5, 5.41) is 12.7. The van der Waals surface area contributed by atoms with Crippen LogP contribution in [0.4, 0.5) is 0 Å². The molecule has 4 heteroatoms. The van der Waals surface area contributed by atoms with E-state index in [-0.39, 0.29) is 23.8 Å². The molecule has 0 amide bonds. The number of aliphatic hydroxyl groups excluding tert-OH is 1. The van der Waals surface area contributed by atoms with E-state index in [1.165, 1.54) is 0 Å². The van der Waals surface area contributed by atoms with Crippen molar-refractivity contribution in [3.05, 3.63) is 29.3 Å². The third-order valence-electron chi connectivity index (χ3n) is 3.69. The zero-order valence-corrected chi connectivity index (χ0v) is 14.4. The number of hydrogen-bond acceptors (Lipinski definition) is 4. The van der Waals surface area contributed by atoms with Crippen molar-refractivity contribution in [3.63, 3.8) is 0 Å². The average molecular weight is 307 g/mol. The van der Waals surface area contributed by atoms with Crippen LogP contribution in [0.2, 0.25) is 0 Å². The summed E-state index contributed by atoms with van der Waals surface area (Å²) in [5.74, 6) is 1.11. The molecule has 2 N–H and O–H groups in total. The van der Waals surface area contributed by atoms with E-state index in [9.17, 15) is 9.90 Å². The Balaban J connectivity index is 2.85. The number of ether oxygens (including phenoxy) is 1. The van der Waals surface area contributed by atoms with Gasteiger partial charge in [0.15, 0.2) is 5.78 Å². The lowest BCUT2D eigenvalue weighted by Gasteiger charge is -2.29. The van der Waals surface area contributed by atoms with Crippen molar-refractivity contribution >= 4 is 5.78 Å². The second-order valence-corrected chi connectivity index (χ2v) is 6.54. The van der Waals surface area contributed by atoms with Crippen molar-refractivity contribution in [3.8, 4) is 5.75 Å². The lowest BCUT2D eigenvalue weighted by atomic mass is 9.91. The molecule has 0 saturated carbocycles. The van der Waals surface area contributed by atoms with E-state index >= 15 is 0 Å². The molecule has 0 bridgehead atoms. The quantitative estimate of drug-likeness (QED) is 0.688. The molecule has 0 aromatic heterocycles. The Hall–Kier alpha value is -1.39. The number of nitrogens with one attached hydrogen (secondary N) is 1. The minimum absolute atomic E-state index is 0.0532. The van der Waals surface area contributed by atoms with Gasteiger partial charge in [0.2, 0.25) is 0 Å². The first-order chi connectivity index (χ1) is 10.3. The molecule has 0 radical (unpaired) electrons. The normalized spacial score (nSPS) is 13.0. The number of Topliss-reactive ketones (excluding diaryl/α,β-unsaturated/α-hetero) is 1. The van der Waals surface area contributed by atoms with Crippen LogP contribution in [0.1, 0.15) is 57.0 Å². The third-order valence-corrected chi connectivity index (χ3v) is 3.69. The highest BCUT2D eigenvalue weighted by molar-refractivity contribution is 5.94. The zero-order valence-electron chi connectivity index (χ0n) is 14.4. The fourth-order valence-corrected chi connectivity index (χ4v) is 2.58. The summed E-state index contributed by atoms with van der Waals surface area (Å²) in [7, 11) is 0. The maximum atomic E-state index is 11.6. The molecular formula is C18H29NO3. The number of rotatable bonds is 9. The molecule has 0 aliphatic rings. The number of carbonyl (C=O) groups excluding carboxylic acids is 1. The number of ketones is 1. The van der Waals surface area contributed by atoms with Gasteiger partial charge in [-0.3, -0.25) is 4.79 Å².